The van der Waals surface area contributed by atoms with Crippen LogP contribution in [0.1, 0.15) is 50.5 Å². The molecule has 4 rings (SSSR count). The van der Waals surface area contributed by atoms with Gasteiger partial charge in [0.05, 0.1) is 19.2 Å². The Morgan fingerprint density at radius 3 is 2.71 bits per heavy atom. The number of carbonyl (C=O) groups excluding carboxylic acids is 1. The van der Waals surface area contributed by atoms with Gasteiger partial charge in [0.25, 0.3) is 11.5 Å². The molecule has 2 aliphatic rings. The summed E-state index contributed by atoms with van der Waals surface area (Å²) < 4.78 is 10.9. The largest absolute Gasteiger partial charge is 0.497 e. The van der Waals surface area contributed by atoms with Crippen molar-refractivity contribution in [3.05, 3.63) is 40.2 Å². The molecule has 2 aromatic rings. The summed E-state index contributed by atoms with van der Waals surface area (Å²) in [6.45, 7) is 0.980. The third-order valence-corrected chi connectivity index (χ3v) is 5.97. The quantitative estimate of drug-likeness (QED) is 0.858. The number of H-pyrrole nitrogens is 1. The van der Waals surface area contributed by atoms with Crippen LogP contribution in [0.15, 0.2) is 29.1 Å². The highest BCUT2D eigenvalue weighted by atomic mass is 16.5. The molecule has 0 bridgehead atoms. The van der Waals surface area contributed by atoms with Crippen LogP contribution in [0.4, 0.5) is 0 Å². The predicted octanol–water partition coefficient (Wildman–Crippen LogP) is 3.38. The Morgan fingerprint density at radius 1 is 1.18 bits per heavy atom. The fourth-order valence-electron chi connectivity index (χ4n) is 4.39. The molecule has 150 valence electrons. The Balaban J connectivity index is 1.64. The lowest BCUT2D eigenvalue weighted by Gasteiger charge is -2.35. The van der Waals surface area contributed by atoms with Crippen molar-refractivity contribution in [3.63, 3.8) is 0 Å². The Bertz CT molecular complexity index is 895. The smallest absolute Gasteiger partial charge is 0.253 e. The van der Waals surface area contributed by atoms with Gasteiger partial charge in [-0.25, -0.2) is 0 Å². The van der Waals surface area contributed by atoms with Gasteiger partial charge >= 0.3 is 0 Å². The van der Waals surface area contributed by atoms with E-state index in [4.69, 9.17) is 9.47 Å². The molecule has 2 fully saturated rings. The normalized spacial score (nSPS) is 20.4. The maximum absolute atomic E-state index is 13.2. The van der Waals surface area contributed by atoms with Crippen LogP contribution < -0.4 is 10.3 Å². The molecule has 2 heterocycles. The molecule has 6 nitrogen and oxygen atoms in total. The molecule has 1 saturated heterocycles. The van der Waals surface area contributed by atoms with Crippen LogP contribution in [-0.2, 0) is 16.1 Å². The van der Waals surface area contributed by atoms with E-state index in [0.29, 0.717) is 24.5 Å². The molecular formula is C22H28N2O4. The Labute approximate surface area is 164 Å². The molecule has 0 radical (unpaired) electrons. The summed E-state index contributed by atoms with van der Waals surface area (Å²) in [5.74, 6) is 0.743. The summed E-state index contributed by atoms with van der Waals surface area (Å²) in [4.78, 5) is 30.8. The first kappa shape index (κ1) is 19.0. The molecule has 1 aliphatic heterocycles. The zero-order chi connectivity index (χ0) is 19.5. The molecule has 6 heteroatoms. The minimum atomic E-state index is -0.356. The van der Waals surface area contributed by atoms with Crippen molar-refractivity contribution in [2.45, 2.75) is 63.6 Å². The number of carbonyl (C=O) groups is 1. The van der Waals surface area contributed by atoms with E-state index in [2.05, 4.69) is 4.98 Å². The highest BCUT2D eigenvalue weighted by Gasteiger charge is 2.33. The molecule has 0 spiro atoms. The number of nitrogens with one attached hydrogen (secondary N) is 1. The summed E-state index contributed by atoms with van der Waals surface area (Å²) in [6, 6.07) is 7.71. The predicted molar refractivity (Wildman–Crippen MR) is 108 cm³/mol. The van der Waals surface area contributed by atoms with Gasteiger partial charge in [-0.15, -0.1) is 0 Å². The maximum Gasteiger partial charge on any atom is 0.253 e. The number of ether oxygens (including phenoxy) is 2. The summed E-state index contributed by atoms with van der Waals surface area (Å²) >= 11 is 0. The number of fused-ring (bicyclic) bond motifs is 1. The number of benzene rings is 1. The molecule has 1 atom stereocenters. The van der Waals surface area contributed by atoms with E-state index < -0.39 is 0 Å². The van der Waals surface area contributed by atoms with Crippen molar-refractivity contribution in [2.75, 3.05) is 13.7 Å². The number of aromatic nitrogens is 1. The first-order valence-electron chi connectivity index (χ1n) is 10.3. The second-order valence-corrected chi connectivity index (χ2v) is 7.84. The lowest BCUT2D eigenvalue weighted by atomic mass is 9.93. The number of hydrogen-bond donors (Lipinski definition) is 1. The number of pyridine rings is 1. The summed E-state index contributed by atoms with van der Waals surface area (Å²) in [7, 11) is 1.60. The first-order chi connectivity index (χ1) is 13.7. The number of amides is 1. The minimum absolute atomic E-state index is 0.0404. The highest BCUT2D eigenvalue weighted by molar-refractivity contribution is 5.82. The van der Waals surface area contributed by atoms with Gasteiger partial charge in [0.1, 0.15) is 11.9 Å². The average molecular weight is 384 g/mol. The molecule has 1 aliphatic carbocycles. The average Bonchev–Trinajstić information content (AvgIpc) is 3.27. The Hall–Kier alpha value is -2.34. The van der Waals surface area contributed by atoms with Gasteiger partial charge in [0.2, 0.25) is 0 Å². The molecule has 1 aromatic heterocycles. The van der Waals surface area contributed by atoms with E-state index >= 15 is 0 Å². The minimum Gasteiger partial charge on any atom is -0.497 e. The van der Waals surface area contributed by atoms with E-state index in [1.165, 1.54) is 6.42 Å². The van der Waals surface area contributed by atoms with Crippen LogP contribution >= 0.6 is 0 Å². The number of hydrogen-bond acceptors (Lipinski definition) is 4. The first-order valence-corrected chi connectivity index (χ1v) is 10.3. The van der Waals surface area contributed by atoms with Crippen molar-refractivity contribution in [1.82, 2.24) is 9.88 Å². The van der Waals surface area contributed by atoms with Gasteiger partial charge in [-0.1, -0.05) is 19.3 Å². The third-order valence-electron chi connectivity index (χ3n) is 5.97. The van der Waals surface area contributed by atoms with Crippen LogP contribution in [0.2, 0.25) is 0 Å². The van der Waals surface area contributed by atoms with Crippen LogP contribution in [0.25, 0.3) is 10.9 Å². The number of nitrogens with zero attached hydrogens (tertiary/aromatic N) is 1. The summed E-state index contributed by atoms with van der Waals surface area (Å²) in [6.07, 6.45) is 6.83. The van der Waals surface area contributed by atoms with Crippen molar-refractivity contribution in [1.29, 1.82) is 0 Å². The second kappa shape index (κ2) is 8.35. The zero-order valence-corrected chi connectivity index (χ0v) is 16.4. The number of rotatable bonds is 5. The molecule has 1 N–H and O–H groups in total. The van der Waals surface area contributed by atoms with E-state index in [-0.39, 0.29) is 23.6 Å². The van der Waals surface area contributed by atoms with Crippen LogP contribution in [-0.4, -0.2) is 41.7 Å². The molecule has 0 unspecified atom stereocenters. The topological polar surface area (TPSA) is 71.6 Å². The lowest BCUT2D eigenvalue weighted by Crippen LogP contribution is -2.46. The van der Waals surface area contributed by atoms with Gasteiger partial charge < -0.3 is 19.4 Å². The molecule has 1 saturated carbocycles. The zero-order valence-electron chi connectivity index (χ0n) is 16.4. The van der Waals surface area contributed by atoms with Crippen molar-refractivity contribution < 1.29 is 14.3 Å². The van der Waals surface area contributed by atoms with Crippen LogP contribution in [0.3, 0.4) is 0 Å². The standard InChI is InChI=1S/C22H28N2O4/c1-27-18-10-9-15-12-16(21(25)23-19(15)13-18)14-24(17-6-3-2-4-7-17)22(26)20-8-5-11-28-20/h9-10,12-13,17,20H,2-8,11,14H2,1H3,(H,23,25)/t20-/m1/s1. The van der Waals surface area contributed by atoms with Crippen molar-refractivity contribution in [2.24, 2.45) is 0 Å². The van der Waals surface area contributed by atoms with Crippen LogP contribution in [0.5, 0.6) is 5.75 Å². The second-order valence-electron chi connectivity index (χ2n) is 7.84. The Morgan fingerprint density at radius 2 is 2.00 bits per heavy atom. The highest BCUT2D eigenvalue weighted by Crippen LogP contribution is 2.27. The van der Waals surface area contributed by atoms with Crippen LogP contribution in [0, 0.1) is 0 Å². The maximum atomic E-state index is 13.2. The van der Waals surface area contributed by atoms with Gasteiger partial charge in [0, 0.05) is 24.3 Å². The van der Waals surface area contributed by atoms with Crippen molar-refractivity contribution >= 4 is 16.8 Å². The van der Waals surface area contributed by atoms with E-state index in [9.17, 15) is 9.59 Å². The summed E-state index contributed by atoms with van der Waals surface area (Å²) in [5, 5.41) is 0.934. The monoisotopic (exact) mass is 384 g/mol. The summed E-state index contributed by atoms with van der Waals surface area (Å²) in [5.41, 5.74) is 1.21. The van der Waals surface area contributed by atoms with Gasteiger partial charge in [-0.2, -0.15) is 0 Å². The Kier molecular flexibility index (Phi) is 5.67. The fraction of sp³-hybridized carbons (Fsp3) is 0.545. The van der Waals surface area contributed by atoms with E-state index in [1.807, 2.05) is 29.2 Å². The van der Waals surface area contributed by atoms with Gasteiger partial charge in [-0.3, -0.25) is 9.59 Å². The van der Waals surface area contributed by atoms with Gasteiger partial charge in [0.15, 0.2) is 0 Å². The van der Waals surface area contributed by atoms with Crippen molar-refractivity contribution in [3.8, 4) is 5.75 Å². The fourth-order valence-corrected chi connectivity index (χ4v) is 4.39. The van der Waals surface area contributed by atoms with Gasteiger partial charge in [-0.05, 0) is 49.3 Å². The molecule has 1 aromatic carbocycles. The number of aromatic amines is 1. The lowest BCUT2D eigenvalue weighted by molar-refractivity contribution is -0.144. The SMILES string of the molecule is COc1ccc2cc(CN(C(=O)[C@H]3CCCO3)C3CCCCC3)c(=O)[nH]c2c1. The third kappa shape index (κ3) is 3.92. The van der Waals surface area contributed by atoms with E-state index in [1.54, 1.807) is 7.11 Å². The molecular weight excluding hydrogens is 356 g/mol. The van der Waals surface area contributed by atoms with E-state index in [0.717, 1.165) is 49.4 Å². The molecule has 28 heavy (non-hydrogen) atoms. The molecule has 1 amide bonds. The number of methoxy groups -OCH3 is 1.